The van der Waals surface area contributed by atoms with Crippen molar-refractivity contribution < 1.29 is 19.1 Å². The molecule has 3 rings (SSSR count). The Morgan fingerprint density at radius 1 is 1.11 bits per heavy atom. The molecule has 0 bridgehead atoms. The molecular weight excluding hydrogens is 342 g/mol. The molecule has 0 spiro atoms. The lowest BCUT2D eigenvalue weighted by molar-refractivity contribution is -0.111. The van der Waals surface area contributed by atoms with Crippen LogP contribution < -0.4 is 9.47 Å². The molecule has 0 saturated heterocycles. The molecule has 2 aliphatic rings. The van der Waals surface area contributed by atoms with E-state index in [0.29, 0.717) is 37.2 Å². The number of hydrogen-bond acceptors (Lipinski definition) is 5. The van der Waals surface area contributed by atoms with Crippen molar-refractivity contribution in [3.8, 4) is 17.6 Å². The first kappa shape index (κ1) is 19.4. The number of ether oxygens (including phenoxy) is 2. The van der Waals surface area contributed by atoms with Gasteiger partial charge in [0.25, 0.3) is 0 Å². The van der Waals surface area contributed by atoms with Gasteiger partial charge in [0.15, 0.2) is 11.5 Å². The van der Waals surface area contributed by atoms with Crippen LogP contribution in [0.25, 0.3) is 0 Å². The zero-order valence-corrected chi connectivity index (χ0v) is 15.9. The SMILES string of the molecule is COc1ccc(C2(C#N)C[C@@H](CC=O)[C@@H](CC=O)C2)cc1OC1CCCC1. The van der Waals surface area contributed by atoms with Crippen molar-refractivity contribution in [3.63, 3.8) is 0 Å². The lowest BCUT2D eigenvalue weighted by Crippen LogP contribution is -2.21. The standard InChI is InChI=1S/C22H27NO4/c1-26-20-7-6-18(12-21(20)27-19-4-2-3-5-19)22(15-23)13-16(8-10-24)17(14-22)9-11-25/h6-7,10-12,16-17,19H,2-5,8-9,13-14H2,1H3/t16-,17+,22?. The van der Waals surface area contributed by atoms with Crippen molar-refractivity contribution in [1.82, 2.24) is 0 Å². The van der Waals surface area contributed by atoms with Crippen molar-refractivity contribution >= 4 is 12.6 Å². The van der Waals surface area contributed by atoms with E-state index in [2.05, 4.69) is 6.07 Å². The molecule has 3 atom stereocenters. The van der Waals surface area contributed by atoms with Crippen LogP contribution in [-0.2, 0) is 15.0 Å². The second-order valence-corrected chi connectivity index (χ2v) is 7.82. The van der Waals surface area contributed by atoms with Gasteiger partial charge in [-0.15, -0.1) is 0 Å². The largest absolute Gasteiger partial charge is 0.493 e. The lowest BCUT2D eigenvalue weighted by atomic mass is 9.79. The minimum absolute atomic E-state index is 0.0636. The van der Waals surface area contributed by atoms with Gasteiger partial charge in [0.05, 0.1) is 24.7 Å². The average Bonchev–Trinajstić information content (AvgIpc) is 3.31. The number of carbonyl (C=O) groups is 2. The summed E-state index contributed by atoms with van der Waals surface area (Å²) < 4.78 is 11.6. The van der Waals surface area contributed by atoms with Crippen LogP contribution in [0.3, 0.4) is 0 Å². The molecule has 5 nitrogen and oxygen atoms in total. The van der Waals surface area contributed by atoms with Gasteiger partial charge in [-0.25, -0.2) is 0 Å². The summed E-state index contributed by atoms with van der Waals surface area (Å²) >= 11 is 0. The Kier molecular flexibility index (Phi) is 6.15. The fraction of sp³-hybridized carbons (Fsp3) is 0.591. The van der Waals surface area contributed by atoms with E-state index in [1.165, 1.54) is 12.8 Å². The van der Waals surface area contributed by atoms with Crippen LogP contribution in [0.4, 0.5) is 0 Å². The second-order valence-electron chi connectivity index (χ2n) is 7.82. The highest BCUT2D eigenvalue weighted by molar-refractivity contribution is 5.54. The monoisotopic (exact) mass is 369 g/mol. The summed E-state index contributed by atoms with van der Waals surface area (Å²) in [5, 5.41) is 10.0. The zero-order chi connectivity index (χ0) is 19.3. The Bertz CT molecular complexity index is 700. The summed E-state index contributed by atoms with van der Waals surface area (Å²) in [4.78, 5) is 22.1. The van der Waals surface area contributed by atoms with Crippen LogP contribution in [0.2, 0.25) is 0 Å². The van der Waals surface area contributed by atoms with Gasteiger partial charge in [0.1, 0.15) is 12.6 Å². The molecule has 144 valence electrons. The maximum absolute atomic E-state index is 11.1. The first-order chi connectivity index (χ1) is 13.2. The number of nitriles is 1. The number of methoxy groups -OCH3 is 1. The summed E-state index contributed by atoms with van der Waals surface area (Å²) in [6.07, 6.45) is 8.40. The highest BCUT2D eigenvalue weighted by Gasteiger charge is 2.46. The van der Waals surface area contributed by atoms with Crippen LogP contribution in [0, 0.1) is 23.2 Å². The average molecular weight is 369 g/mol. The highest BCUT2D eigenvalue weighted by atomic mass is 16.5. The molecule has 1 aromatic carbocycles. The fourth-order valence-corrected chi connectivity index (χ4v) is 4.75. The van der Waals surface area contributed by atoms with Gasteiger partial charge in [-0.1, -0.05) is 6.07 Å². The Balaban J connectivity index is 1.91. The summed E-state index contributed by atoms with van der Waals surface area (Å²) in [6.45, 7) is 0. The van der Waals surface area contributed by atoms with Crippen molar-refractivity contribution in [2.24, 2.45) is 11.8 Å². The van der Waals surface area contributed by atoms with E-state index in [4.69, 9.17) is 9.47 Å². The quantitative estimate of drug-likeness (QED) is 0.648. The lowest BCUT2D eigenvalue weighted by Gasteiger charge is -2.24. The molecule has 0 aliphatic heterocycles. The molecule has 0 amide bonds. The van der Waals surface area contributed by atoms with Gasteiger partial charge in [0, 0.05) is 12.8 Å². The Hall–Kier alpha value is -2.35. The topological polar surface area (TPSA) is 76.4 Å². The minimum Gasteiger partial charge on any atom is -0.493 e. The smallest absolute Gasteiger partial charge is 0.161 e. The molecule has 0 radical (unpaired) electrons. The fourth-order valence-electron chi connectivity index (χ4n) is 4.75. The maximum atomic E-state index is 11.1. The van der Waals surface area contributed by atoms with Crippen molar-refractivity contribution in [1.29, 1.82) is 5.26 Å². The highest BCUT2D eigenvalue weighted by Crippen LogP contribution is 2.50. The van der Waals surface area contributed by atoms with Gasteiger partial charge in [0.2, 0.25) is 0 Å². The zero-order valence-electron chi connectivity index (χ0n) is 15.9. The molecule has 2 saturated carbocycles. The molecule has 0 heterocycles. The third-order valence-corrected chi connectivity index (χ3v) is 6.21. The number of benzene rings is 1. The predicted octanol–water partition coefficient (Wildman–Crippen LogP) is 3.98. The Labute approximate surface area is 160 Å². The number of nitrogens with zero attached hydrogens (tertiary/aromatic N) is 1. The Morgan fingerprint density at radius 3 is 2.26 bits per heavy atom. The first-order valence-corrected chi connectivity index (χ1v) is 9.79. The summed E-state index contributed by atoms with van der Waals surface area (Å²) in [6, 6.07) is 8.22. The van der Waals surface area contributed by atoms with E-state index >= 15 is 0 Å². The van der Waals surface area contributed by atoms with Crippen LogP contribution in [-0.4, -0.2) is 25.8 Å². The van der Waals surface area contributed by atoms with Crippen LogP contribution in [0.15, 0.2) is 18.2 Å². The van der Waals surface area contributed by atoms with Gasteiger partial charge in [-0.3, -0.25) is 0 Å². The number of aldehydes is 2. The maximum Gasteiger partial charge on any atom is 0.161 e. The third-order valence-electron chi connectivity index (χ3n) is 6.21. The van der Waals surface area contributed by atoms with E-state index in [-0.39, 0.29) is 17.9 Å². The number of rotatable bonds is 8. The molecule has 2 aliphatic carbocycles. The van der Waals surface area contributed by atoms with E-state index < -0.39 is 5.41 Å². The van der Waals surface area contributed by atoms with Gasteiger partial charge in [-0.2, -0.15) is 5.26 Å². The molecule has 1 unspecified atom stereocenters. The van der Waals surface area contributed by atoms with Crippen molar-refractivity contribution in [3.05, 3.63) is 23.8 Å². The van der Waals surface area contributed by atoms with E-state index in [1.807, 2.05) is 18.2 Å². The molecule has 27 heavy (non-hydrogen) atoms. The third kappa shape index (κ3) is 4.00. The van der Waals surface area contributed by atoms with Gasteiger partial charge < -0.3 is 19.1 Å². The first-order valence-electron chi connectivity index (χ1n) is 9.79. The molecule has 0 N–H and O–H groups in total. The van der Waals surface area contributed by atoms with Crippen molar-refractivity contribution in [2.75, 3.05) is 7.11 Å². The molecular formula is C22H27NO4. The molecule has 2 fully saturated rings. The van der Waals surface area contributed by atoms with Crippen LogP contribution >= 0.6 is 0 Å². The molecule has 1 aromatic rings. The summed E-state index contributed by atoms with van der Waals surface area (Å²) in [7, 11) is 1.62. The van der Waals surface area contributed by atoms with E-state index in [9.17, 15) is 14.9 Å². The van der Waals surface area contributed by atoms with E-state index in [1.54, 1.807) is 7.11 Å². The number of hydrogen-bond donors (Lipinski definition) is 0. The number of carbonyl (C=O) groups excluding carboxylic acids is 2. The van der Waals surface area contributed by atoms with E-state index in [0.717, 1.165) is 31.0 Å². The normalized spacial score (nSPS) is 27.9. The Morgan fingerprint density at radius 2 is 1.74 bits per heavy atom. The van der Waals surface area contributed by atoms with Crippen molar-refractivity contribution in [2.45, 2.75) is 62.9 Å². The van der Waals surface area contributed by atoms with Crippen LogP contribution in [0.1, 0.15) is 56.9 Å². The summed E-state index contributed by atoms with van der Waals surface area (Å²) in [5.41, 5.74) is 0.199. The van der Waals surface area contributed by atoms with Crippen LogP contribution in [0.5, 0.6) is 11.5 Å². The summed E-state index contributed by atoms with van der Waals surface area (Å²) in [5.74, 6) is 1.48. The molecule has 0 aromatic heterocycles. The minimum atomic E-state index is -0.693. The van der Waals surface area contributed by atoms with Gasteiger partial charge >= 0.3 is 0 Å². The second kappa shape index (κ2) is 8.56. The van der Waals surface area contributed by atoms with Gasteiger partial charge in [-0.05, 0) is 68.1 Å². The predicted molar refractivity (Wildman–Crippen MR) is 101 cm³/mol. The molecule has 5 heteroatoms.